The minimum atomic E-state index is -4.56. The molecule has 7 nitrogen and oxygen atoms in total. The summed E-state index contributed by atoms with van der Waals surface area (Å²) in [5.74, 6) is -0.603. The van der Waals surface area contributed by atoms with E-state index in [0.717, 1.165) is 29.2 Å². The lowest BCUT2D eigenvalue weighted by Gasteiger charge is -2.10. The molecule has 1 aromatic carbocycles. The Labute approximate surface area is 208 Å². The molecule has 0 spiro atoms. The molecule has 0 radical (unpaired) electrons. The first kappa shape index (κ1) is 26.4. The van der Waals surface area contributed by atoms with Crippen LogP contribution in [0.5, 0.6) is 0 Å². The van der Waals surface area contributed by atoms with Gasteiger partial charge in [-0.2, -0.15) is 13.2 Å². The number of thiophene rings is 1. The van der Waals surface area contributed by atoms with Gasteiger partial charge in [0.2, 0.25) is 6.41 Å². The van der Waals surface area contributed by atoms with E-state index in [4.69, 9.17) is 10.8 Å². The number of carbonyl (C=O) groups excluding carboxylic acids is 1. The van der Waals surface area contributed by atoms with Crippen molar-refractivity contribution in [3.63, 3.8) is 0 Å². The van der Waals surface area contributed by atoms with Crippen LogP contribution in [0.15, 0.2) is 60.9 Å². The minimum Gasteiger partial charge on any atom is -0.478 e. The molecule has 36 heavy (non-hydrogen) atoms. The zero-order valence-corrected chi connectivity index (χ0v) is 19.7. The van der Waals surface area contributed by atoms with Gasteiger partial charge in [-0.1, -0.05) is 12.2 Å². The molecule has 4 N–H and O–H groups in total. The summed E-state index contributed by atoms with van der Waals surface area (Å²) in [6, 6.07) is 10.5. The topological polar surface area (TPSA) is 118 Å². The summed E-state index contributed by atoms with van der Waals surface area (Å²) in [6.45, 7) is 2.11. The van der Waals surface area contributed by atoms with E-state index < -0.39 is 17.7 Å². The van der Waals surface area contributed by atoms with Crippen LogP contribution in [0, 0.1) is 0 Å². The maximum atomic E-state index is 13.5. The Kier molecular flexibility index (Phi) is 8.38. The maximum Gasteiger partial charge on any atom is 0.417 e. The lowest BCUT2D eigenvalue weighted by molar-refractivity contribution is -0.136. The molecular weight excluding hydrogens is 493 g/mol. The highest BCUT2D eigenvalue weighted by molar-refractivity contribution is 7.19. The Morgan fingerprint density at radius 2 is 1.92 bits per heavy atom. The molecule has 0 atom stereocenters. The van der Waals surface area contributed by atoms with Crippen LogP contribution < -0.4 is 11.1 Å². The van der Waals surface area contributed by atoms with Gasteiger partial charge in [0.1, 0.15) is 5.82 Å². The van der Waals surface area contributed by atoms with Gasteiger partial charge in [0.15, 0.2) is 0 Å². The number of allylic oxidation sites excluding steroid dienone is 1. The van der Waals surface area contributed by atoms with Crippen molar-refractivity contribution in [3.05, 3.63) is 82.5 Å². The molecule has 0 aliphatic heterocycles. The van der Waals surface area contributed by atoms with E-state index >= 15 is 0 Å². The number of pyridine rings is 2. The largest absolute Gasteiger partial charge is 0.478 e. The Morgan fingerprint density at radius 1 is 1.14 bits per heavy atom. The highest BCUT2D eigenvalue weighted by Gasteiger charge is 2.34. The third kappa shape index (κ3) is 6.66. The molecule has 0 saturated heterocycles. The zero-order valence-electron chi connectivity index (χ0n) is 18.9. The number of alkyl halides is 3. The van der Waals surface area contributed by atoms with Gasteiger partial charge < -0.3 is 16.2 Å². The van der Waals surface area contributed by atoms with Crippen molar-refractivity contribution in [3.8, 4) is 11.3 Å². The fourth-order valence-electron chi connectivity index (χ4n) is 3.19. The minimum absolute atomic E-state index is 0.0522. The Morgan fingerprint density at radius 3 is 2.47 bits per heavy atom. The summed E-state index contributed by atoms with van der Waals surface area (Å²) < 4.78 is 40.5. The van der Waals surface area contributed by atoms with Crippen molar-refractivity contribution >= 4 is 45.7 Å². The fourth-order valence-corrected chi connectivity index (χ4v) is 4.32. The van der Waals surface area contributed by atoms with Crippen LogP contribution in [0.4, 0.5) is 19.0 Å². The summed E-state index contributed by atoms with van der Waals surface area (Å²) in [4.78, 5) is 29.7. The summed E-state index contributed by atoms with van der Waals surface area (Å²) in [5.41, 5.74) is 6.09. The van der Waals surface area contributed by atoms with Crippen molar-refractivity contribution in [2.45, 2.75) is 19.6 Å². The molecule has 0 aliphatic rings. The number of amides is 1. The number of anilines is 1. The van der Waals surface area contributed by atoms with Crippen LogP contribution in [-0.4, -0.2) is 27.5 Å². The second-order valence-electron chi connectivity index (χ2n) is 7.41. The molecular formula is C25H21F3N4O3S. The molecule has 4 aromatic rings. The van der Waals surface area contributed by atoms with E-state index in [0.29, 0.717) is 22.5 Å². The number of hydrogen-bond donors (Lipinski definition) is 3. The van der Waals surface area contributed by atoms with Gasteiger partial charge in [0.05, 0.1) is 23.4 Å². The summed E-state index contributed by atoms with van der Waals surface area (Å²) >= 11 is 0.961. The first-order valence-electron chi connectivity index (χ1n) is 10.5. The van der Waals surface area contributed by atoms with Crippen LogP contribution >= 0.6 is 11.3 Å². The first-order chi connectivity index (χ1) is 17.1. The van der Waals surface area contributed by atoms with Crippen molar-refractivity contribution in [1.82, 2.24) is 15.3 Å². The van der Waals surface area contributed by atoms with E-state index in [-0.39, 0.29) is 28.1 Å². The van der Waals surface area contributed by atoms with Crippen molar-refractivity contribution in [1.29, 1.82) is 0 Å². The lowest BCUT2D eigenvalue weighted by Crippen LogP contribution is -2.07. The van der Waals surface area contributed by atoms with E-state index in [9.17, 15) is 22.8 Å². The van der Waals surface area contributed by atoms with Crippen LogP contribution in [0.3, 0.4) is 0 Å². The predicted octanol–water partition coefficient (Wildman–Crippen LogP) is 5.62. The number of benzene rings is 1. The van der Waals surface area contributed by atoms with Gasteiger partial charge in [-0.15, -0.1) is 11.3 Å². The number of aromatic nitrogens is 2. The molecule has 1 amide bonds. The lowest BCUT2D eigenvalue weighted by atomic mass is 10.0. The van der Waals surface area contributed by atoms with E-state index in [1.165, 1.54) is 12.1 Å². The maximum absolute atomic E-state index is 13.5. The van der Waals surface area contributed by atoms with Crippen molar-refractivity contribution in [2.75, 3.05) is 5.73 Å². The molecule has 0 saturated carbocycles. The molecule has 11 heteroatoms. The van der Waals surface area contributed by atoms with Gasteiger partial charge in [0, 0.05) is 27.5 Å². The first-order valence-corrected chi connectivity index (χ1v) is 11.3. The third-order valence-electron chi connectivity index (χ3n) is 4.81. The average molecular weight is 515 g/mol. The van der Waals surface area contributed by atoms with Crippen molar-refractivity contribution < 1.29 is 27.9 Å². The molecule has 3 heterocycles. The number of halogens is 3. The summed E-state index contributed by atoms with van der Waals surface area (Å²) in [5, 5.41) is 11.7. The van der Waals surface area contributed by atoms with E-state index in [1.54, 1.807) is 24.4 Å². The second kappa shape index (κ2) is 11.5. The standard InChI is InChI=1S/C17H11F3N2O3S.C8H10N2/c18-17(19,20)13-5-10(14-2-1-9(6-22-14)16(24)25)3-11-4-12(7-21-8-23)26-15(11)13;1-2-3-7-4-5-8(9)10-6-7/h1-6,8H,7H2,(H,21,23)(H,24,25);2-6H,1H3,(H2,9,10)/b;3-2+. The Balaban J connectivity index is 0.000000303. The van der Waals surface area contributed by atoms with Crippen LogP contribution in [0.2, 0.25) is 0 Å². The van der Waals surface area contributed by atoms with Gasteiger partial charge in [-0.3, -0.25) is 9.78 Å². The summed E-state index contributed by atoms with van der Waals surface area (Å²) in [6.07, 6.45) is 2.71. The van der Waals surface area contributed by atoms with Gasteiger partial charge in [-0.25, -0.2) is 9.78 Å². The molecule has 0 aliphatic carbocycles. The molecule has 3 aromatic heterocycles. The van der Waals surface area contributed by atoms with Crippen LogP contribution in [0.25, 0.3) is 27.4 Å². The third-order valence-corrected chi connectivity index (χ3v) is 5.99. The Hall–Kier alpha value is -4.25. The number of carboxylic acid groups (broad SMARTS) is 1. The quantitative estimate of drug-likeness (QED) is 0.287. The number of fused-ring (bicyclic) bond motifs is 1. The number of carboxylic acids is 1. The number of nitrogens with two attached hydrogens (primary N) is 1. The van der Waals surface area contributed by atoms with E-state index in [2.05, 4.69) is 15.3 Å². The fraction of sp³-hybridized carbons (Fsp3) is 0.120. The van der Waals surface area contributed by atoms with E-state index in [1.807, 2.05) is 25.1 Å². The molecule has 0 unspecified atom stereocenters. The number of carbonyl (C=O) groups is 2. The van der Waals surface area contributed by atoms with Crippen LogP contribution in [-0.2, 0) is 17.5 Å². The molecule has 0 bridgehead atoms. The predicted molar refractivity (Wildman–Crippen MR) is 133 cm³/mol. The monoisotopic (exact) mass is 514 g/mol. The average Bonchev–Trinajstić information content (AvgIpc) is 3.26. The number of nitrogens with one attached hydrogen (secondary N) is 1. The molecule has 4 rings (SSSR count). The molecule has 186 valence electrons. The van der Waals surface area contributed by atoms with Crippen molar-refractivity contribution in [2.24, 2.45) is 0 Å². The Bertz CT molecular complexity index is 1380. The van der Waals surface area contributed by atoms with Gasteiger partial charge >= 0.3 is 12.1 Å². The number of nitrogen functional groups attached to an aromatic ring is 1. The van der Waals surface area contributed by atoms with Gasteiger partial charge in [-0.05, 0) is 60.3 Å². The second-order valence-corrected chi connectivity index (χ2v) is 8.54. The SMILES string of the molecule is C/C=C/c1ccc(N)nc1.O=CNCc1cc2cc(-c3ccc(C(=O)O)cn3)cc(C(F)(F)F)c2s1. The zero-order chi connectivity index (χ0) is 26.3. The highest BCUT2D eigenvalue weighted by Crippen LogP contribution is 2.41. The number of nitrogens with zero attached hydrogens (tertiary/aromatic N) is 2. The number of hydrogen-bond acceptors (Lipinski definition) is 6. The van der Waals surface area contributed by atoms with Crippen LogP contribution in [0.1, 0.15) is 33.3 Å². The normalized spacial score (nSPS) is 11.2. The smallest absolute Gasteiger partial charge is 0.417 e. The highest BCUT2D eigenvalue weighted by atomic mass is 32.1. The number of rotatable bonds is 6. The van der Waals surface area contributed by atoms with Gasteiger partial charge in [0.25, 0.3) is 0 Å². The number of aromatic carboxylic acids is 1. The summed E-state index contributed by atoms with van der Waals surface area (Å²) in [7, 11) is 0. The molecule has 0 fully saturated rings.